The summed E-state index contributed by atoms with van der Waals surface area (Å²) in [6.07, 6.45) is 1.30. The summed E-state index contributed by atoms with van der Waals surface area (Å²) in [5, 5.41) is 0. The van der Waals surface area contributed by atoms with Crippen molar-refractivity contribution in [3.05, 3.63) is 83.4 Å². The fourth-order valence-corrected chi connectivity index (χ4v) is 4.53. The van der Waals surface area contributed by atoms with Gasteiger partial charge in [0.2, 0.25) is 0 Å². The molecule has 1 fully saturated rings. The lowest BCUT2D eigenvalue weighted by Crippen LogP contribution is -2.20. The fourth-order valence-electron chi connectivity index (χ4n) is 4.53. The smallest absolute Gasteiger partial charge is 0.309 e. The van der Waals surface area contributed by atoms with E-state index in [9.17, 15) is 4.79 Å². The number of hydrogen-bond donors (Lipinski definition) is 0. The monoisotopic (exact) mass is 490 g/mol. The van der Waals surface area contributed by atoms with Crippen molar-refractivity contribution in [1.29, 1.82) is 0 Å². The lowest BCUT2D eigenvalue weighted by atomic mass is 9.85. The molecule has 190 valence electrons. The number of carbonyl (C=O) groups excluding carboxylic acids is 1. The molecule has 36 heavy (non-hydrogen) atoms. The van der Waals surface area contributed by atoms with Crippen molar-refractivity contribution in [2.45, 2.75) is 33.3 Å². The Kier molecular flexibility index (Phi) is 8.71. The van der Waals surface area contributed by atoms with Gasteiger partial charge in [-0.1, -0.05) is 42.5 Å². The van der Waals surface area contributed by atoms with Crippen LogP contribution in [0.3, 0.4) is 0 Å². The molecule has 0 N–H and O–H groups in total. The van der Waals surface area contributed by atoms with Crippen LogP contribution in [0.1, 0.15) is 30.5 Å². The van der Waals surface area contributed by atoms with E-state index in [1.165, 1.54) is 0 Å². The Hall–Kier alpha value is -3.67. The van der Waals surface area contributed by atoms with Crippen molar-refractivity contribution in [1.82, 2.24) is 0 Å². The molecule has 0 spiro atoms. The van der Waals surface area contributed by atoms with Gasteiger partial charge >= 0.3 is 5.97 Å². The predicted molar refractivity (Wildman–Crippen MR) is 138 cm³/mol. The molecular formula is C30H34O6. The molecule has 0 aliphatic carbocycles. The van der Waals surface area contributed by atoms with E-state index in [1.807, 2.05) is 80.6 Å². The topological polar surface area (TPSA) is 63.2 Å². The quantitative estimate of drug-likeness (QED) is 0.306. The first-order valence-electron chi connectivity index (χ1n) is 12.5. The Bertz CT molecular complexity index is 1140. The van der Waals surface area contributed by atoms with Gasteiger partial charge in [0.15, 0.2) is 23.0 Å². The number of methoxy groups -OCH3 is 1. The van der Waals surface area contributed by atoms with Gasteiger partial charge in [-0.25, -0.2) is 0 Å². The summed E-state index contributed by atoms with van der Waals surface area (Å²) >= 11 is 0. The van der Waals surface area contributed by atoms with Gasteiger partial charge in [-0.2, -0.15) is 0 Å². The summed E-state index contributed by atoms with van der Waals surface area (Å²) in [4.78, 5) is 12.7. The number of rotatable bonds is 12. The van der Waals surface area contributed by atoms with Gasteiger partial charge in [-0.15, -0.1) is 0 Å². The average molecular weight is 491 g/mol. The molecule has 1 aliphatic rings. The molecule has 6 heteroatoms. The molecule has 0 unspecified atom stereocenters. The van der Waals surface area contributed by atoms with Gasteiger partial charge in [-0.3, -0.25) is 4.79 Å². The molecule has 2 atom stereocenters. The van der Waals surface area contributed by atoms with Crippen molar-refractivity contribution in [3.8, 4) is 23.0 Å². The second-order valence-corrected chi connectivity index (χ2v) is 8.81. The van der Waals surface area contributed by atoms with Gasteiger partial charge in [-0.05, 0) is 67.6 Å². The van der Waals surface area contributed by atoms with Crippen molar-refractivity contribution in [2.75, 3.05) is 26.9 Å². The number of hydrogen-bond acceptors (Lipinski definition) is 6. The Balaban J connectivity index is 1.46. The molecule has 0 bridgehead atoms. The molecule has 1 aliphatic heterocycles. The SMILES string of the molecule is CCOc1ccc(C[C@H]2COC(=O)[C@@H]2Cc2ccc(OCc3ccccc3)c(OCC)c2)cc1OC. The Morgan fingerprint density at radius 3 is 2.08 bits per heavy atom. The van der Waals surface area contributed by atoms with E-state index in [4.69, 9.17) is 23.7 Å². The van der Waals surface area contributed by atoms with Crippen LogP contribution in [-0.4, -0.2) is 32.9 Å². The zero-order valence-corrected chi connectivity index (χ0v) is 21.2. The fraction of sp³-hybridized carbons (Fsp3) is 0.367. The van der Waals surface area contributed by atoms with Crippen LogP contribution in [0.15, 0.2) is 66.7 Å². The summed E-state index contributed by atoms with van der Waals surface area (Å²) < 4.78 is 28.5. The van der Waals surface area contributed by atoms with Gasteiger partial charge in [0.25, 0.3) is 0 Å². The van der Waals surface area contributed by atoms with Gasteiger partial charge < -0.3 is 23.7 Å². The lowest BCUT2D eigenvalue weighted by molar-refractivity contribution is -0.141. The molecule has 0 amide bonds. The van der Waals surface area contributed by atoms with Crippen molar-refractivity contribution in [2.24, 2.45) is 11.8 Å². The van der Waals surface area contributed by atoms with E-state index >= 15 is 0 Å². The van der Waals surface area contributed by atoms with E-state index < -0.39 is 0 Å². The summed E-state index contributed by atoms with van der Waals surface area (Å²) in [5.74, 6) is 2.49. The second-order valence-electron chi connectivity index (χ2n) is 8.81. The third kappa shape index (κ3) is 6.30. The summed E-state index contributed by atoms with van der Waals surface area (Å²) in [6.45, 7) is 5.86. The van der Waals surface area contributed by atoms with Gasteiger partial charge in [0, 0.05) is 5.92 Å². The Morgan fingerprint density at radius 1 is 0.750 bits per heavy atom. The molecule has 1 saturated heterocycles. The van der Waals surface area contributed by atoms with E-state index in [2.05, 4.69) is 0 Å². The summed E-state index contributed by atoms with van der Waals surface area (Å²) in [7, 11) is 1.63. The van der Waals surface area contributed by atoms with Crippen molar-refractivity contribution < 1.29 is 28.5 Å². The standard InChI is InChI=1S/C30H34O6/c1-4-33-26-13-11-22(17-28(26)32-3)15-24-20-36-30(31)25(24)16-23-12-14-27(29(18-23)34-5-2)35-19-21-9-7-6-8-10-21/h6-14,17-18,24-25H,4-5,15-16,19-20H2,1-3H3/t24-,25+/m0/s1. The highest BCUT2D eigenvalue weighted by Crippen LogP contribution is 2.35. The molecule has 3 aromatic carbocycles. The number of carbonyl (C=O) groups is 1. The molecule has 0 radical (unpaired) electrons. The number of ether oxygens (including phenoxy) is 5. The first-order chi connectivity index (χ1) is 17.6. The minimum absolute atomic E-state index is 0.0738. The highest BCUT2D eigenvalue weighted by atomic mass is 16.5. The minimum atomic E-state index is -0.229. The molecule has 6 nitrogen and oxygen atoms in total. The van der Waals surface area contributed by atoms with Gasteiger partial charge in [0.05, 0.1) is 32.8 Å². The lowest BCUT2D eigenvalue weighted by Gasteiger charge is -2.18. The van der Waals surface area contributed by atoms with E-state index in [-0.39, 0.29) is 17.8 Å². The third-order valence-electron chi connectivity index (χ3n) is 6.34. The normalized spacial score (nSPS) is 16.9. The first kappa shape index (κ1) is 25.4. The maximum absolute atomic E-state index is 12.7. The highest BCUT2D eigenvalue weighted by molar-refractivity contribution is 5.75. The van der Waals surface area contributed by atoms with Gasteiger partial charge in [0.1, 0.15) is 6.61 Å². The van der Waals surface area contributed by atoms with Crippen LogP contribution < -0.4 is 18.9 Å². The Morgan fingerprint density at radius 2 is 1.39 bits per heavy atom. The van der Waals surface area contributed by atoms with Crippen LogP contribution in [0.2, 0.25) is 0 Å². The maximum Gasteiger partial charge on any atom is 0.309 e. The van der Waals surface area contributed by atoms with E-state index in [0.29, 0.717) is 50.1 Å². The highest BCUT2D eigenvalue weighted by Gasteiger charge is 2.37. The zero-order valence-electron chi connectivity index (χ0n) is 21.2. The van der Waals surface area contributed by atoms with E-state index in [0.717, 1.165) is 28.9 Å². The van der Waals surface area contributed by atoms with Crippen LogP contribution >= 0.6 is 0 Å². The minimum Gasteiger partial charge on any atom is -0.493 e. The zero-order chi connectivity index (χ0) is 25.3. The van der Waals surface area contributed by atoms with Crippen LogP contribution in [0.4, 0.5) is 0 Å². The largest absolute Gasteiger partial charge is 0.493 e. The molecule has 0 saturated carbocycles. The first-order valence-corrected chi connectivity index (χ1v) is 12.5. The summed E-state index contributed by atoms with van der Waals surface area (Å²) in [6, 6.07) is 21.9. The van der Waals surface area contributed by atoms with Crippen LogP contribution in [-0.2, 0) is 29.0 Å². The molecule has 1 heterocycles. The van der Waals surface area contributed by atoms with Crippen molar-refractivity contribution in [3.63, 3.8) is 0 Å². The van der Waals surface area contributed by atoms with Crippen LogP contribution in [0.5, 0.6) is 23.0 Å². The maximum atomic E-state index is 12.7. The Labute approximate surface area is 213 Å². The number of cyclic esters (lactones) is 1. The van der Waals surface area contributed by atoms with Crippen molar-refractivity contribution >= 4 is 5.97 Å². The molecular weight excluding hydrogens is 456 g/mol. The molecule has 3 aromatic rings. The molecule has 4 rings (SSSR count). The predicted octanol–water partition coefficient (Wildman–Crippen LogP) is 5.65. The summed E-state index contributed by atoms with van der Waals surface area (Å²) in [5.41, 5.74) is 3.19. The van der Waals surface area contributed by atoms with Crippen LogP contribution in [0.25, 0.3) is 0 Å². The number of benzene rings is 3. The number of esters is 1. The average Bonchev–Trinajstić information content (AvgIpc) is 3.23. The third-order valence-corrected chi connectivity index (χ3v) is 6.34. The molecule has 0 aromatic heterocycles. The van der Waals surface area contributed by atoms with E-state index in [1.54, 1.807) is 7.11 Å². The van der Waals surface area contributed by atoms with Crippen LogP contribution in [0, 0.1) is 11.8 Å². The second kappa shape index (κ2) is 12.3.